The fourth-order valence-electron chi connectivity index (χ4n) is 2.06. The zero-order valence-corrected chi connectivity index (χ0v) is 12.7. The fraction of sp³-hybridized carbons (Fsp3) is 0.235. The van der Waals surface area contributed by atoms with Crippen LogP contribution in [0.5, 0.6) is 0 Å². The summed E-state index contributed by atoms with van der Waals surface area (Å²) in [5, 5.41) is 0. The van der Waals surface area contributed by atoms with E-state index in [4.69, 9.17) is 4.74 Å². The van der Waals surface area contributed by atoms with E-state index in [1.807, 2.05) is 35.0 Å². The van der Waals surface area contributed by atoms with E-state index < -0.39 is 0 Å². The smallest absolute Gasteiger partial charge is 0.330 e. The van der Waals surface area contributed by atoms with E-state index >= 15 is 0 Å². The van der Waals surface area contributed by atoms with Crippen LogP contribution in [0.3, 0.4) is 0 Å². The van der Waals surface area contributed by atoms with Gasteiger partial charge in [-0.15, -0.1) is 0 Å². The second-order valence-electron chi connectivity index (χ2n) is 4.80. The van der Waals surface area contributed by atoms with Crippen molar-refractivity contribution in [1.82, 2.24) is 4.57 Å². The number of aromatic nitrogens is 2. The van der Waals surface area contributed by atoms with E-state index in [9.17, 15) is 9.59 Å². The molecular weight excluding hydrogens is 280 g/mol. The highest BCUT2D eigenvalue weighted by Crippen LogP contribution is 2.10. The Labute approximate surface area is 129 Å². The molecular formula is C17H19N2O3+. The predicted octanol–water partition coefficient (Wildman–Crippen LogP) is 2.06. The zero-order valence-electron chi connectivity index (χ0n) is 12.7. The van der Waals surface area contributed by atoms with Gasteiger partial charge in [0.05, 0.1) is 6.61 Å². The second-order valence-corrected chi connectivity index (χ2v) is 4.80. The van der Waals surface area contributed by atoms with Crippen molar-refractivity contribution in [2.45, 2.75) is 20.4 Å². The number of carbonyl (C=O) groups excluding carboxylic acids is 2. The molecule has 0 bridgehead atoms. The Bertz CT molecular complexity index is 701. The Morgan fingerprint density at radius 3 is 2.77 bits per heavy atom. The quantitative estimate of drug-likeness (QED) is 0.482. The Morgan fingerprint density at radius 1 is 1.32 bits per heavy atom. The molecule has 0 radical (unpaired) electrons. The number of imidazole rings is 1. The van der Waals surface area contributed by atoms with Crippen LogP contribution in [0.1, 0.15) is 29.8 Å². The first-order valence-corrected chi connectivity index (χ1v) is 7.11. The molecule has 5 heteroatoms. The van der Waals surface area contributed by atoms with Crippen LogP contribution in [0.2, 0.25) is 0 Å². The number of hydrogen-bond acceptors (Lipinski definition) is 3. The minimum Gasteiger partial charge on any atom is -0.463 e. The molecule has 1 aromatic heterocycles. The summed E-state index contributed by atoms with van der Waals surface area (Å²) in [6, 6.07) is 7.79. The van der Waals surface area contributed by atoms with Crippen LogP contribution in [0.15, 0.2) is 49.1 Å². The summed E-state index contributed by atoms with van der Waals surface area (Å²) in [6.07, 6.45) is 8.48. The molecule has 0 saturated carbocycles. The standard InChI is InChI=1S/C17H19N2O3/c1-3-22-17(21)9-8-15-6-4-5-7-16(15)12-18-10-11-19(13-18)14(2)20/h4-11,13H,3,12H2,1-2H3/q+1. The normalized spacial score (nSPS) is 10.8. The zero-order chi connectivity index (χ0) is 15.9. The number of nitrogens with zero attached hydrogens (tertiary/aromatic N) is 2. The molecule has 1 aromatic carbocycles. The van der Waals surface area contributed by atoms with E-state index in [1.165, 1.54) is 17.6 Å². The van der Waals surface area contributed by atoms with Crippen molar-refractivity contribution in [3.8, 4) is 0 Å². The monoisotopic (exact) mass is 299 g/mol. The largest absolute Gasteiger partial charge is 0.463 e. The lowest BCUT2D eigenvalue weighted by Gasteiger charge is -2.03. The summed E-state index contributed by atoms with van der Waals surface area (Å²) in [5.74, 6) is -0.387. The van der Waals surface area contributed by atoms with E-state index in [0.717, 1.165) is 11.1 Å². The van der Waals surface area contributed by atoms with Gasteiger partial charge in [-0.05, 0) is 18.6 Å². The van der Waals surface area contributed by atoms with E-state index in [0.29, 0.717) is 13.2 Å². The average molecular weight is 299 g/mol. The predicted molar refractivity (Wildman–Crippen MR) is 82.1 cm³/mol. The molecule has 0 aliphatic carbocycles. The molecule has 2 rings (SSSR count). The lowest BCUT2D eigenvalue weighted by atomic mass is 10.1. The third kappa shape index (κ3) is 4.15. The van der Waals surface area contributed by atoms with Crippen LogP contribution in [0.25, 0.3) is 6.08 Å². The molecule has 0 atom stereocenters. The second kappa shape index (κ2) is 7.36. The summed E-state index contributed by atoms with van der Waals surface area (Å²) < 4.78 is 8.32. The molecule has 2 aromatic rings. The van der Waals surface area contributed by atoms with Crippen molar-refractivity contribution in [3.05, 3.63) is 60.2 Å². The van der Waals surface area contributed by atoms with Crippen molar-refractivity contribution in [2.75, 3.05) is 6.61 Å². The third-order valence-corrected chi connectivity index (χ3v) is 3.15. The molecule has 0 saturated heterocycles. The summed E-state index contributed by atoms with van der Waals surface area (Å²) in [4.78, 5) is 22.7. The maximum absolute atomic E-state index is 11.4. The first-order chi connectivity index (χ1) is 10.6. The SMILES string of the molecule is CCOC(=O)C=Cc1ccccc1C[n+]1ccn(C(C)=O)c1. The van der Waals surface area contributed by atoms with Gasteiger partial charge >= 0.3 is 11.9 Å². The first kappa shape index (κ1) is 15.7. The van der Waals surface area contributed by atoms with Crippen molar-refractivity contribution in [3.63, 3.8) is 0 Å². The van der Waals surface area contributed by atoms with Crippen molar-refractivity contribution in [2.24, 2.45) is 0 Å². The number of esters is 1. The summed E-state index contributed by atoms with van der Waals surface area (Å²) in [5.41, 5.74) is 1.99. The van der Waals surface area contributed by atoms with Crippen LogP contribution in [-0.2, 0) is 16.1 Å². The Hall–Kier alpha value is -2.69. The van der Waals surface area contributed by atoms with Gasteiger partial charge in [-0.3, -0.25) is 0 Å². The number of rotatable bonds is 5. The fourth-order valence-corrected chi connectivity index (χ4v) is 2.06. The van der Waals surface area contributed by atoms with Crippen LogP contribution in [0, 0.1) is 0 Å². The van der Waals surface area contributed by atoms with Gasteiger partial charge in [0.2, 0.25) is 0 Å². The molecule has 5 nitrogen and oxygen atoms in total. The lowest BCUT2D eigenvalue weighted by molar-refractivity contribution is -0.687. The van der Waals surface area contributed by atoms with Crippen LogP contribution in [0.4, 0.5) is 0 Å². The van der Waals surface area contributed by atoms with E-state index in [-0.39, 0.29) is 11.9 Å². The molecule has 0 spiro atoms. The van der Waals surface area contributed by atoms with Crippen LogP contribution >= 0.6 is 0 Å². The van der Waals surface area contributed by atoms with Crippen molar-refractivity contribution >= 4 is 18.0 Å². The van der Waals surface area contributed by atoms with Crippen LogP contribution in [-0.4, -0.2) is 23.1 Å². The molecule has 114 valence electrons. The van der Waals surface area contributed by atoms with E-state index in [2.05, 4.69) is 0 Å². The number of benzene rings is 1. The minimum absolute atomic E-state index is 0.0331. The first-order valence-electron chi connectivity index (χ1n) is 7.11. The Kier molecular flexibility index (Phi) is 5.25. The summed E-state index contributed by atoms with van der Waals surface area (Å²) in [7, 11) is 0. The Morgan fingerprint density at radius 2 is 2.09 bits per heavy atom. The molecule has 0 fully saturated rings. The molecule has 1 heterocycles. The van der Waals surface area contributed by atoms with Gasteiger partial charge in [0.15, 0.2) is 0 Å². The van der Waals surface area contributed by atoms with Gasteiger partial charge in [0, 0.05) is 18.6 Å². The van der Waals surface area contributed by atoms with Gasteiger partial charge < -0.3 is 4.74 Å². The highest BCUT2D eigenvalue weighted by Gasteiger charge is 2.09. The topological polar surface area (TPSA) is 52.2 Å². The van der Waals surface area contributed by atoms with Crippen molar-refractivity contribution < 1.29 is 18.9 Å². The maximum Gasteiger partial charge on any atom is 0.330 e. The van der Waals surface area contributed by atoms with Gasteiger partial charge in [-0.1, -0.05) is 24.3 Å². The average Bonchev–Trinajstić information content (AvgIpc) is 2.95. The lowest BCUT2D eigenvalue weighted by Crippen LogP contribution is -2.32. The molecule has 0 N–H and O–H groups in total. The van der Waals surface area contributed by atoms with E-state index in [1.54, 1.807) is 25.5 Å². The van der Waals surface area contributed by atoms with Crippen LogP contribution < -0.4 is 4.57 Å². The number of hydrogen-bond donors (Lipinski definition) is 0. The highest BCUT2D eigenvalue weighted by atomic mass is 16.5. The summed E-state index contributed by atoms with van der Waals surface area (Å²) in [6.45, 7) is 4.26. The minimum atomic E-state index is -0.354. The van der Waals surface area contributed by atoms with Gasteiger partial charge in [-0.25, -0.2) is 14.2 Å². The molecule has 0 aliphatic rings. The molecule has 0 aliphatic heterocycles. The number of ether oxygens (including phenoxy) is 1. The van der Waals surface area contributed by atoms with Gasteiger partial charge in [0.25, 0.3) is 6.33 Å². The molecule has 0 unspecified atom stereocenters. The summed E-state index contributed by atoms with van der Waals surface area (Å²) >= 11 is 0. The van der Waals surface area contributed by atoms with Gasteiger partial charge in [-0.2, -0.15) is 4.57 Å². The maximum atomic E-state index is 11.4. The number of carbonyl (C=O) groups is 2. The molecule has 0 amide bonds. The van der Waals surface area contributed by atoms with Crippen molar-refractivity contribution in [1.29, 1.82) is 0 Å². The Balaban J connectivity index is 2.17. The third-order valence-electron chi connectivity index (χ3n) is 3.15. The van der Waals surface area contributed by atoms with Gasteiger partial charge in [0.1, 0.15) is 18.9 Å². The molecule has 22 heavy (non-hydrogen) atoms. The highest BCUT2D eigenvalue weighted by molar-refractivity contribution is 5.87.